The second-order valence-electron chi connectivity index (χ2n) is 13.7. The van der Waals surface area contributed by atoms with Crippen LogP contribution in [0.25, 0.3) is 0 Å². The van der Waals surface area contributed by atoms with E-state index in [1.807, 2.05) is 66.7 Å². The Balaban J connectivity index is 1.60. The van der Waals surface area contributed by atoms with Crippen molar-refractivity contribution in [1.29, 1.82) is 0 Å². The number of benzene rings is 4. The Kier molecular flexibility index (Phi) is 12.6. The zero-order valence-electron chi connectivity index (χ0n) is 30.8. The summed E-state index contributed by atoms with van der Waals surface area (Å²) in [7, 11) is 0. The van der Waals surface area contributed by atoms with Crippen molar-refractivity contribution in [2.75, 3.05) is 18.1 Å². The van der Waals surface area contributed by atoms with Gasteiger partial charge in [-0.3, -0.25) is 24.0 Å². The summed E-state index contributed by atoms with van der Waals surface area (Å²) in [5.41, 5.74) is 8.03. The molecule has 1 heterocycles. The number of hydrogen-bond donors (Lipinski definition) is 2. The molecule has 0 fully saturated rings. The molecule has 3 amide bonds. The number of nitrogens with two attached hydrogens (primary N) is 1. The normalized spacial score (nSPS) is 15.2. The molecule has 0 saturated carbocycles. The van der Waals surface area contributed by atoms with Crippen LogP contribution >= 0.6 is 0 Å². The van der Waals surface area contributed by atoms with Crippen LogP contribution in [0.2, 0.25) is 0 Å². The number of ether oxygens (including phenoxy) is 2. The van der Waals surface area contributed by atoms with Gasteiger partial charge in [-0.25, -0.2) is 0 Å². The van der Waals surface area contributed by atoms with E-state index in [0.29, 0.717) is 22.4 Å². The van der Waals surface area contributed by atoms with Gasteiger partial charge in [-0.05, 0) is 62.6 Å². The summed E-state index contributed by atoms with van der Waals surface area (Å²) in [5.74, 6) is 2.53. The highest BCUT2D eigenvalue weighted by Gasteiger charge is 2.44. The molecule has 0 aliphatic carbocycles. The SMILES string of the molecule is CCOC(=O)CC(c1ccccc1)N1C(=O)c2cc(C#CC(=O)NCC(N)C(=O)OC(C)(C)C)ccc2N(Cc2ccccc2)C(=O)C1c1ccccc1. The van der Waals surface area contributed by atoms with E-state index in [1.165, 1.54) is 4.90 Å². The van der Waals surface area contributed by atoms with Crippen LogP contribution in [0.3, 0.4) is 0 Å². The minimum atomic E-state index is -1.14. The predicted molar refractivity (Wildman–Crippen MR) is 204 cm³/mol. The zero-order valence-corrected chi connectivity index (χ0v) is 30.8. The lowest BCUT2D eigenvalue weighted by Gasteiger charge is -2.37. The molecule has 0 spiro atoms. The Morgan fingerprint density at radius 2 is 1.52 bits per heavy atom. The quantitative estimate of drug-likeness (QED) is 0.157. The molecule has 0 radical (unpaired) electrons. The first kappa shape index (κ1) is 39.0. The van der Waals surface area contributed by atoms with Gasteiger partial charge in [0.2, 0.25) is 0 Å². The van der Waals surface area contributed by atoms with Crippen LogP contribution in [0.4, 0.5) is 5.69 Å². The molecule has 3 N–H and O–H groups in total. The lowest BCUT2D eigenvalue weighted by molar-refractivity contribution is -0.156. The third kappa shape index (κ3) is 9.79. The first-order valence-corrected chi connectivity index (χ1v) is 17.7. The molecule has 3 unspecified atom stereocenters. The van der Waals surface area contributed by atoms with Crippen molar-refractivity contribution in [2.24, 2.45) is 5.73 Å². The maximum atomic E-state index is 15.2. The van der Waals surface area contributed by atoms with Crippen LogP contribution in [0.5, 0.6) is 0 Å². The van der Waals surface area contributed by atoms with Gasteiger partial charge in [0, 0.05) is 18.0 Å². The van der Waals surface area contributed by atoms with Gasteiger partial charge in [0.1, 0.15) is 17.7 Å². The van der Waals surface area contributed by atoms with E-state index >= 15 is 9.59 Å². The molecular formula is C43H44N4O7. The Labute approximate surface area is 315 Å². The largest absolute Gasteiger partial charge is 0.466 e. The zero-order chi connectivity index (χ0) is 38.8. The predicted octanol–water partition coefficient (Wildman–Crippen LogP) is 5.25. The summed E-state index contributed by atoms with van der Waals surface area (Å²) in [6.45, 7) is 6.95. The molecular weight excluding hydrogens is 684 g/mol. The average molecular weight is 729 g/mol. The van der Waals surface area contributed by atoms with Crippen LogP contribution in [0.15, 0.2) is 109 Å². The Morgan fingerprint density at radius 1 is 0.889 bits per heavy atom. The van der Waals surface area contributed by atoms with Gasteiger partial charge in [0.25, 0.3) is 17.7 Å². The monoisotopic (exact) mass is 728 g/mol. The van der Waals surface area contributed by atoms with Crippen molar-refractivity contribution in [3.63, 3.8) is 0 Å². The lowest BCUT2D eigenvalue weighted by atomic mass is 9.95. The summed E-state index contributed by atoms with van der Waals surface area (Å²) in [6, 6.07) is 29.2. The van der Waals surface area contributed by atoms with E-state index in [-0.39, 0.29) is 37.6 Å². The van der Waals surface area contributed by atoms with Crippen molar-refractivity contribution in [3.8, 4) is 11.8 Å². The lowest BCUT2D eigenvalue weighted by Crippen LogP contribution is -2.45. The smallest absolute Gasteiger partial charge is 0.325 e. The van der Waals surface area contributed by atoms with Gasteiger partial charge in [-0.2, -0.15) is 0 Å². The number of nitrogens with zero attached hydrogens (tertiary/aromatic N) is 2. The molecule has 3 atom stereocenters. The molecule has 54 heavy (non-hydrogen) atoms. The van der Waals surface area contributed by atoms with E-state index in [0.717, 1.165) is 5.56 Å². The number of anilines is 1. The highest BCUT2D eigenvalue weighted by atomic mass is 16.6. The topological polar surface area (TPSA) is 148 Å². The van der Waals surface area contributed by atoms with Gasteiger partial charge in [-0.1, -0.05) is 96.9 Å². The van der Waals surface area contributed by atoms with Gasteiger partial charge >= 0.3 is 11.9 Å². The second-order valence-corrected chi connectivity index (χ2v) is 13.7. The van der Waals surface area contributed by atoms with Crippen LogP contribution in [-0.2, 0) is 35.2 Å². The number of rotatable bonds is 11. The number of amides is 3. The number of esters is 2. The minimum absolute atomic E-state index is 0.144. The Morgan fingerprint density at radius 3 is 2.15 bits per heavy atom. The van der Waals surface area contributed by atoms with E-state index in [4.69, 9.17) is 15.2 Å². The van der Waals surface area contributed by atoms with Crippen LogP contribution in [0, 0.1) is 11.8 Å². The minimum Gasteiger partial charge on any atom is -0.466 e. The number of carbonyl (C=O) groups excluding carboxylic acids is 5. The van der Waals surface area contributed by atoms with Crippen molar-refractivity contribution >= 4 is 35.3 Å². The molecule has 4 aromatic carbocycles. The van der Waals surface area contributed by atoms with Crippen molar-refractivity contribution < 1.29 is 33.4 Å². The molecule has 11 nitrogen and oxygen atoms in total. The number of fused-ring (bicyclic) bond motifs is 1. The first-order chi connectivity index (χ1) is 25.9. The van der Waals surface area contributed by atoms with E-state index in [2.05, 4.69) is 17.2 Å². The van der Waals surface area contributed by atoms with Gasteiger partial charge in [-0.15, -0.1) is 0 Å². The van der Waals surface area contributed by atoms with Crippen molar-refractivity contribution in [1.82, 2.24) is 10.2 Å². The molecule has 4 aromatic rings. The van der Waals surface area contributed by atoms with Crippen molar-refractivity contribution in [2.45, 2.75) is 64.4 Å². The third-order valence-corrected chi connectivity index (χ3v) is 8.53. The van der Waals surface area contributed by atoms with Crippen LogP contribution < -0.4 is 16.0 Å². The number of hydrogen-bond acceptors (Lipinski definition) is 8. The summed E-state index contributed by atoms with van der Waals surface area (Å²) in [5, 5.41) is 2.52. The standard InChI is InChI=1S/C43H44N4O7/c1-5-53-38(49)26-36(31-17-11-7-12-18-31)47-39(32-19-13-8-14-20-32)41(51)46(28-30-15-9-6-10-16-30)35-23-21-29(25-33(35)40(47)50)22-24-37(48)45-27-34(44)42(52)54-43(2,3)4/h6-21,23,25,34,36,39H,5,26-28,44H2,1-4H3,(H,45,48). The summed E-state index contributed by atoms with van der Waals surface area (Å²) < 4.78 is 10.6. The average Bonchev–Trinajstić information content (AvgIpc) is 3.24. The number of carbonyl (C=O) groups is 5. The van der Waals surface area contributed by atoms with Crippen LogP contribution in [0.1, 0.15) is 78.8 Å². The van der Waals surface area contributed by atoms with Gasteiger partial charge in [0.15, 0.2) is 0 Å². The van der Waals surface area contributed by atoms with Crippen molar-refractivity contribution in [3.05, 3.63) is 137 Å². The molecule has 0 aromatic heterocycles. The molecule has 278 valence electrons. The second kappa shape index (κ2) is 17.5. The third-order valence-electron chi connectivity index (χ3n) is 8.53. The molecule has 1 aliphatic rings. The van der Waals surface area contributed by atoms with E-state index in [1.54, 1.807) is 75.1 Å². The van der Waals surface area contributed by atoms with Gasteiger partial charge in [0.05, 0.1) is 36.9 Å². The summed E-state index contributed by atoms with van der Waals surface area (Å²) >= 11 is 0. The maximum Gasteiger partial charge on any atom is 0.325 e. The van der Waals surface area contributed by atoms with Gasteiger partial charge < -0.3 is 30.3 Å². The summed E-state index contributed by atoms with van der Waals surface area (Å²) in [6.07, 6.45) is -0.209. The highest BCUT2D eigenvalue weighted by Crippen LogP contribution is 2.42. The fraction of sp³-hybridized carbons (Fsp3) is 0.279. The van der Waals surface area contributed by atoms with E-state index < -0.39 is 47.5 Å². The fourth-order valence-corrected chi connectivity index (χ4v) is 6.12. The molecule has 11 heteroatoms. The fourth-order valence-electron chi connectivity index (χ4n) is 6.12. The van der Waals surface area contributed by atoms with E-state index in [9.17, 15) is 14.4 Å². The molecule has 5 rings (SSSR count). The first-order valence-electron chi connectivity index (χ1n) is 17.7. The summed E-state index contributed by atoms with van der Waals surface area (Å²) in [4.78, 5) is 71.4. The van der Waals surface area contributed by atoms with Crippen LogP contribution in [-0.4, -0.2) is 59.4 Å². The Bertz CT molecular complexity index is 2040. The number of nitrogens with one attached hydrogen (secondary N) is 1. The molecule has 0 saturated heterocycles. The molecule has 1 aliphatic heterocycles. The molecule has 0 bridgehead atoms. The highest BCUT2D eigenvalue weighted by molar-refractivity contribution is 6.11. The Hall–Kier alpha value is -6.25. The maximum absolute atomic E-state index is 15.2.